The molecule has 110 valence electrons. The molecule has 2 atom stereocenters. The van der Waals surface area contributed by atoms with Crippen LogP contribution < -0.4 is 10.6 Å². The third kappa shape index (κ3) is 3.95. The van der Waals surface area contributed by atoms with Gasteiger partial charge in [0, 0.05) is 25.0 Å². The number of amides is 1. The van der Waals surface area contributed by atoms with Gasteiger partial charge >= 0.3 is 0 Å². The van der Waals surface area contributed by atoms with E-state index in [-0.39, 0.29) is 5.91 Å². The second-order valence-corrected chi connectivity index (χ2v) is 5.69. The molecule has 20 heavy (non-hydrogen) atoms. The summed E-state index contributed by atoms with van der Waals surface area (Å²) in [6.45, 7) is 5.93. The quantitative estimate of drug-likeness (QED) is 0.868. The Bertz CT molecular complexity index is 447. The van der Waals surface area contributed by atoms with Crippen molar-refractivity contribution in [2.45, 2.75) is 39.5 Å². The fourth-order valence-electron chi connectivity index (χ4n) is 2.88. The van der Waals surface area contributed by atoms with Crippen LogP contribution >= 0.6 is 0 Å². The average molecular weight is 275 g/mol. The zero-order chi connectivity index (χ0) is 14.4. The van der Waals surface area contributed by atoms with E-state index in [1.54, 1.807) is 6.20 Å². The summed E-state index contributed by atoms with van der Waals surface area (Å²) in [6.07, 6.45) is 6.81. The Morgan fingerprint density at radius 3 is 2.95 bits per heavy atom. The number of pyridine rings is 1. The molecule has 2 N–H and O–H groups in total. The van der Waals surface area contributed by atoms with Crippen molar-refractivity contribution in [3.05, 3.63) is 24.0 Å². The monoisotopic (exact) mass is 275 g/mol. The van der Waals surface area contributed by atoms with E-state index in [1.165, 1.54) is 25.7 Å². The molecule has 0 spiro atoms. The minimum atomic E-state index is -0.0671. The van der Waals surface area contributed by atoms with Gasteiger partial charge in [-0.25, -0.2) is 0 Å². The molecular weight excluding hydrogens is 250 g/mol. The highest BCUT2D eigenvalue weighted by atomic mass is 16.1. The molecule has 0 aromatic carbocycles. The summed E-state index contributed by atoms with van der Waals surface area (Å²) in [5, 5.41) is 6.23. The Hall–Kier alpha value is -1.58. The molecule has 1 aliphatic carbocycles. The molecule has 2 rings (SSSR count). The van der Waals surface area contributed by atoms with Gasteiger partial charge in [0.25, 0.3) is 5.91 Å². The normalized spacial score (nSPS) is 22.3. The fourth-order valence-corrected chi connectivity index (χ4v) is 2.88. The van der Waals surface area contributed by atoms with E-state index in [4.69, 9.17) is 0 Å². The molecule has 1 heterocycles. The number of hydrogen-bond acceptors (Lipinski definition) is 3. The van der Waals surface area contributed by atoms with Crippen LogP contribution in [0.3, 0.4) is 0 Å². The third-order valence-electron chi connectivity index (χ3n) is 4.19. The molecule has 0 aliphatic heterocycles. The van der Waals surface area contributed by atoms with E-state index in [0.717, 1.165) is 18.8 Å². The van der Waals surface area contributed by atoms with E-state index >= 15 is 0 Å². The van der Waals surface area contributed by atoms with Crippen molar-refractivity contribution >= 4 is 11.6 Å². The summed E-state index contributed by atoms with van der Waals surface area (Å²) >= 11 is 0. The van der Waals surface area contributed by atoms with Crippen molar-refractivity contribution in [2.24, 2.45) is 11.8 Å². The molecular formula is C16H25N3O. The van der Waals surface area contributed by atoms with Crippen LogP contribution in [0.25, 0.3) is 0 Å². The highest BCUT2D eigenvalue weighted by molar-refractivity contribution is 5.93. The molecule has 1 aromatic heterocycles. The Labute approximate surface area is 121 Å². The van der Waals surface area contributed by atoms with Crippen LogP contribution in [-0.4, -0.2) is 24.0 Å². The molecule has 2 unspecified atom stereocenters. The maximum atomic E-state index is 12.1. The second-order valence-electron chi connectivity index (χ2n) is 5.69. The SMILES string of the molecule is CCNc1ccnc(C(=O)NCC2CCCCC2C)c1. The largest absolute Gasteiger partial charge is 0.385 e. The number of aromatic nitrogens is 1. The standard InChI is InChI=1S/C16H25N3O/c1-3-17-14-8-9-18-15(10-14)16(20)19-11-13-7-5-4-6-12(13)2/h8-10,12-13H,3-7,11H2,1-2H3,(H,17,18)(H,19,20). The smallest absolute Gasteiger partial charge is 0.269 e. The fraction of sp³-hybridized carbons (Fsp3) is 0.625. The van der Waals surface area contributed by atoms with Crippen molar-refractivity contribution in [3.8, 4) is 0 Å². The minimum Gasteiger partial charge on any atom is -0.385 e. The van der Waals surface area contributed by atoms with E-state index in [0.29, 0.717) is 17.5 Å². The van der Waals surface area contributed by atoms with Gasteiger partial charge in [0.2, 0.25) is 0 Å². The summed E-state index contributed by atoms with van der Waals surface area (Å²) < 4.78 is 0. The number of nitrogens with one attached hydrogen (secondary N) is 2. The summed E-state index contributed by atoms with van der Waals surface area (Å²) in [4.78, 5) is 16.3. The van der Waals surface area contributed by atoms with E-state index in [1.807, 2.05) is 19.1 Å². The highest BCUT2D eigenvalue weighted by Gasteiger charge is 2.21. The lowest BCUT2D eigenvalue weighted by atomic mass is 9.80. The molecule has 0 saturated heterocycles. The van der Waals surface area contributed by atoms with Crippen LogP contribution in [0.15, 0.2) is 18.3 Å². The van der Waals surface area contributed by atoms with Crippen molar-refractivity contribution < 1.29 is 4.79 Å². The van der Waals surface area contributed by atoms with Crippen molar-refractivity contribution in [3.63, 3.8) is 0 Å². The molecule has 1 aromatic rings. The van der Waals surface area contributed by atoms with Gasteiger partial charge in [-0.3, -0.25) is 9.78 Å². The van der Waals surface area contributed by atoms with E-state index in [2.05, 4.69) is 22.5 Å². The first kappa shape index (κ1) is 14.8. The predicted octanol–water partition coefficient (Wildman–Crippen LogP) is 3.07. The zero-order valence-electron chi connectivity index (χ0n) is 12.5. The molecule has 1 aliphatic rings. The summed E-state index contributed by atoms with van der Waals surface area (Å²) in [5.41, 5.74) is 1.44. The van der Waals surface area contributed by atoms with Crippen LogP contribution in [0.4, 0.5) is 5.69 Å². The first-order valence-corrected chi connectivity index (χ1v) is 7.68. The molecule has 1 fully saturated rings. The third-order valence-corrected chi connectivity index (χ3v) is 4.19. The maximum absolute atomic E-state index is 12.1. The van der Waals surface area contributed by atoms with E-state index < -0.39 is 0 Å². The average Bonchev–Trinajstić information content (AvgIpc) is 2.47. The van der Waals surface area contributed by atoms with E-state index in [9.17, 15) is 4.79 Å². The Balaban J connectivity index is 1.89. The van der Waals surface area contributed by atoms with Crippen LogP contribution in [0.5, 0.6) is 0 Å². The number of carbonyl (C=O) groups is 1. The molecule has 1 amide bonds. The first-order chi connectivity index (χ1) is 9.70. The number of carbonyl (C=O) groups excluding carboxylic acids is 1. The maximum Gasteiger partial charge on any atom is 0.269 e. The lowest BCUT2D eigenvalue weighted by Crippen LogP contribution is -2.33. The Morgan fingerprint density at radius 1 is 1.40 bits per heavy atom. The Morgan fingerprint density at radius 2 is 2.20 bits per heavy atom. The second kappa shape index (κ2) is 7.27. The van der Waals surface area contributed by atoms with Gasteiger partial charge in [-0.05, 0) is 37.3 Å². The Kier molecular flexibility index (Phi) is 5.39. The van der Waals surface area contributed by atoms with Gasteiger partial charge in [0.05, 0.1) is 0 Å². The number of anilines is 1. The first-order valence-electron chi connectivity index (χ1n) is 7.68. The lowest BCUT2D eigenvalue weighted by Gasteiger charge is -2.28. The van der Waals surface area contributed by atoms with Crippen LogP contribution in [0, 0.1) is 11.8 Å². The number of nitrogens with zero attached hydrogens (tertiary/aromatic N) is 1. The van der Waals surface area contributed by atoms with Gasteiger partial charge < -0.3 is 10.6 Å². The van der Waals surface area contributed by atoms with Gasteiger partial charge in [-0.15, -0.1) is 0 Å². The van der Waals surface area contributed by atoms with Gasteiger partial charge in [-0.1, -0.05) is 26.2 Å². The minimum absolute atomic E-state index is 0.0671. The molecule has 4 heteroatoms. The molecule has 1 saturated carbocycles. The van der Waals surface area contributed by atoms with Crippen molar-refractivity contribution in [1.82, 2.24) is 10.3 Å². The summed E-state index contributed by atoms with van der Waals surface area (Å²) in [6, 6.07) is 3.69. The van der Waals surface area contributed by atoms with Crippen LogP contribution in [0.2, 0.25) is 0 Å². The van der Waals surface area contributed by atoms with Gasteiger partial charge in [0.15, 0.2) is 0 Å². The van der Waals surface area contributed by atoms with Gasteiger partial charge in [0.1, 0.15) is 5.69 Å². The van der Waals surface area contributed by atoms with Gasteiger partial charge in [-0.2, -0.15) is 0 Å². The highest BCUT2D eigenvalue weighted by Crippen LogP contribution is 2.28. The zero-order valence-corrected chi connectivity index (χ0v) is 12.5. The topological polar surface area (TPSA) is 54.0 Å². The molecule has 4 nitrogen and oxygen atoms in total. The summed E-state index contributed by atoms with van der Waals surface area (Å²) in [5.74, 6) is 1.26. The van der Waals surface area contributed by atoms with Crippen LogP contribution in [-0.2, 0) is 0 Å². The number of rotatable bonds is 5. The lowest BCUT2D eigenvalue weighted by molar-refractivity contribution is 0.0931. The van der Waals surface area contributed by atoms with Crippen molar-refractivity contribution in [1.29, 1.82) is 0 Å². The van der Waals surface area contributed by atoms with Crippen LogP contribution in [0.1, 0.15) is 50.0 Å². The number of hydrogen-bond donors (Lipinski definition) is 2. The predicted molar refractivity (Wildman–Crippen MR) is 81.9 cm³/mol. The summed E-state index contributed by atoms with van der Waals surface area (Å²) in [7, 11) is 0. The molecule has 0 bridgehead atoms. The van der Waals surface area contributed by atoms with Crippen molar-refractivity contribution in [2.75, 3.05) is 18.4 Å². The molecule has 0 radical (unpaired) electrons.